The summed E-state index contributed by atoms with van der Waals surface area (Å²) in [4.78, 5) is 26.7. The molecule has 0 saturated carbocycles. The Hall–Kier alpha value is -2.15. The van der Waals surface area contributed by atoms with E-state index in [1.165, 1.54) is 19.1 Å². The number of ketones is 1. The number of hydrogen-bond acceptors (Lipinski definition) is 5. The topological polar surface area (TPSA) is 78.0 Å². The van der Waals surface area contributed by atoms with E-state index >= 15 is 0 Å². The molecule has 0 fully saturated rings. The number of non-ortho nitro benzene ring substituents is 1. The van der Waals surface area contributed by atoms with E-state index in [4.69, 9.17) is 0 Å². The van der Waals surface area contributed by atoms with Gasteiger partial charge in [0.1, 0.15) is 11.4 Å². The lowest BCUT2D eigenvalue weighted by molar-refractivity contribution is -0.384. The highest BCUT2D eigenvalue weighted by Gasteiger charge is 2.25. The molecule has 24 heavy (non-hydrogen) atoms. The molecule has 2 heterocycles. The van der Waals surface area contributed by atoms with Crippen LogP contribution in [0.5, 0.6) is 0 Å². The van der Waals surface area contributed by atoms with Crippen molar-refractivity contribution in [1.29, 1.82) is 0 Å². The van der Waals surface area contributed by atoms with Crippen LogP contribution in [0, 0.1) is 10.1 Å². The van der Waals surface area contributed by atoms with Gasteiger partial charge in [0.05, 0.1) is 4.92 Å². The fourth-order valence-electron chi connectivity index (χ4n) is 2.30. The van der Waals surface area contributed by atoms with E-state index in [1.54, 1.807) is 23.9 Å². The lowest BCUT2D eigenvalue weighted by atomic mass is 10.1. The summed E-state index contributed by atoms with van der Waals surface area (Å²) in [6.45, 7) is 10.2. The van der Waals surface area contributed by atoms with Crippen molar-refractivity contribution in [3.8, 4) is 11.3 Å². The van der Waals surface area contributed by atoms with E-state index in [-0.39, 0.29) is 11.5 Å². The monoisotopic (exact) mass is 349 g/mol. The first-order chi connectivity index (χ1) is 11.6. The number of Topliss-reactive ketones (excluding diaryl/α,β-unsaturated/α-hetero) is 1. The van der Waals surface area contributed by atoms with Crippen molar-refractivity contribution in [1.82, 2.24) is 9.55 Å². The van der Waals surface area contributed by atoms with Crippen LogP contribution in [0.25, 0.3) is 11.3 Å². The Balaban J connectivity index is 0.000000671. The number of aromatic nitrogens is 2. The number of nitrogens with zero attached hydrogens (tertiary/aromatic N) is 3. The molecule has 0 radical (unpaired) electrons. The number of fused-ring (bicyclic) bond motifs is 1. The van der Waals surface area contributed by atoms with E-state index in [2.05, 4.69) is 4.98 Å². The molecule has 1 aliphatic heterocycles. The van der Waals surface area contributed by atoms with Crippen LogP contribution in [0.4, 0.5) is 5.69 Å². The van der Waals surface area contributed by atoms with E-state index in [0.717, 1.165) is 17.5 Å². The van der Waals surface area contributed by atoms with Crippen molar-refractivity contribution >= 4 is 23.2 Å². The summed E-state index contributed by atoms with van der Waals surface area (Å²) in [5.74, 6) is 0.824. The van der Waals surface area contributed by atoms with Crippen molar-refractivity contribution in [3.63, 3.8) is 0 Å². The van der Waals surface area contributed by atoms with Gasteiger partial charge in [-0.05, 0) is 0 Å². The minimum absolute atomic E-state index is 0.00202. The first kappa shape index (κ1) is 19.9. The molecule has 0 bridgehead atoms. The number of hydrogen-bond donors (Lipinski definition) is 0. The zero-order valence-electron chi connectivity index (χ0n) is 14.7. The Morgan fingerprint density at radius 1 is 1.29 bits per heavy atom. The first-order valence-corrected chi connectivity index (χ1v) is 9.05. The summed E-state index contributed by atoms with van der Waals surface area (Å²) in [5.41, 5.74) is 1.67. The third-order valence-electron chi connectivity index (χ3n) is 3.14. The Labute approximate surface area is 146 Å². The highest BCUT2D eigenvalue weighted by Crippen LogP contribution is 2.34. The Morgan fingerprint density at radius 2 is 1.96 bits per heavy atom. The lowest BCUT2D eigenvalue weighted by Crippen LogP contribution is -2.06. The molecule has 0 spiro atoms. The van der Waals surface area contributed by atoms with E-state index in [1.807, 2.05) is 32.3 Å². The summed E-state index contributed by atoms with van der Waals surface area (Å²) in [7, 11) is 0. The molecule has 1 aliphatic rings. The summed E-state index contributed by atoms with van der Waals surface area (Å²) < 4.78 is 1.89. The summed E-state index contributed by atoms with van der Waals surface area (Å²) in [6, 6.07) is 6.22. The van der Waals surface area contributed by atoms with Crippen LogP contribution in [-0.4, -0.2) is 26.0 Å². The largest absolute Gasteiger partial charge is 0.315 e. The molecule has 0 atom stereocenters. The normalized spacial score (nSPS) is 11.5. The maximum absolute atomic E-state index is 11.9. The third-order valence-corrected chi connectivity index (χ3v) is 4.10. The average Bonchev–Trinajstić information content (AvgIpc) is 3.19. The second-order valence-electron chi connectivity index (χ2n) is 4.46. The standard InChI is InChI=1S/C13H11N3O3S.2C2H6/c1-8(17)12-11(14-13-15(12)5-6-20-13)9-3-2-4-10(7-9)16(18)19;2*1-2/h2-4,7H,5-6H2,1H3;2*1-2H3. The second kappa shape index (κ2) is 9.22. The van der Waals surface area contributed by atoms with Crippen LogP contribution < -0.4 is 0 Å². The van der Waals surface area contributed by atoms with Crippen LogP contribution in [-0.2, 0) is 6.54 Å². The molecule has 2 aromatic rings. The first-order valence-electron chi connectivity index (χ1n) is 8.07. The summed E-state index contributed by atoms with van der Waals surface area (Å²) in [6.07, 6.45) is 0. The highest BCUT2D eigenvalue weighted by molar-refractivity contribution is 7.99. The molecule has 0 amide bonds. The Morgan fingerprint density at radius 3 is 2.54 bits per heavy atom. The molecule has 1 aromatic carbocycles. The van der Waals surface area contributed by atoms with Gasteiger partial charge in [0.15, 0.2) is 10.9 Å². The van der Waals surface area contributed by atoms with Gasteiger partial charge >= 0.3 is 0 Å². The zero-order valence-corrected chi connectivity index (χ0v) is 15.5. The van der Waals surface area contributed by atoms with Gasteiger partial charge in [0, 0.05) is 36.9 Å². The second-order valence-corrected chi connectivity index (χ2v) is 5.52. The van der Waals surface area contributed by atoms with Gasteiger partial charge in [-0.1, -0.05) is 51.6 Å². The van der Waals surface area contributed by atoms with Crippen molar-refractivity contribution in [2.45, 2.75) is 46.3 Å². The van der Waals surface area contributed by atoms with Gasteiger partial charge in [-0.3, -0.25) is 14.9 Å². The maximum atomic E-state index is 11.9. The predicted octanol–water partition coefficient (Wildman–Crippen LogP) is 4.82. The molecule has 0 aliphatic carbocycles. The number of rotatable bonds is 3. The van der Waals surface area contributed by atoms with E-state index in [9.17, 15) is 14.9 Å². The number of imidazole rings is 1. The third kappa shape index (κ3) is 4.03. The molecule has 0 N–H and O–H groups in total. The molecule has 1 aromatic heterocycles. The molecular formula is C17H23N3O3S. The zero-order chi connectivity index (χ0) is 18.3. The van der Waals surface area contributed by atoms with Crippen molar-refractivity contribution in [2.24, 2.45) is 0 Å². The Bertz CT molecular complexity index is 726. The molecule has 7 heteroatoms. The summed E-state index contributed by atoms with van der Waals surface area (Å²) in [5, 5.41) is 11.7. The predicted molar refractivity (Wildman–Crippen MR) is 97.7 cm³/mol. The molecule has 0 saturated heterocycles. The quantitative estimate of drug-likeness (QED) is 0.451. The van der Waals surface area contributed by atoms with Crippen LogP contribution in [0.15, 0.2) is 29.4 Å². The number of carbonyl (C=O) groups excluding carboxylic acids is 1. The van der Waals surface area contributed by atoms with Gasteiger partial charge in [-0.2, -0.15) is 0 Å². The van der Waals surface area contributed by atoms with Crippen LogP contribution >= 0.6 is 11.8 Å². The van der Waals surface area contributed by atoms with E-state index in [0.29, 0.717) is 17.0 Å². The van der Waals surface area contributed by atoms with Gasteiger partial charge in [-0.15, -0.1) is 0 Å². The maximum Gasteiger partial charge on any atom is 0.270 e. The Kier molecular flexibility index (Phi) is 7.64. The van der Waals surface area contributed by atoms with Crippen molar-refractivity contribution < 1.29 is 9.72 Å². The molecule has 0 unspecified atom stereocenters. The highest BCUT2D eigenvalue weighted by atomic mass is 32.2. The van der Waals surface area contributed by atoms with Gasteiger partial charge in [-0.25, -0.2) is 4.98 Å². The van der Waals surface area contributed by atoms with Gasteiger partial charge in [0.2, 0.25) is 0 Å². The number of thioether (sulfide) groups is 1. The van der Waals surface area contributed by atoms with Crippen LogP contribution in [0.3, 0.4) is 0 Å². The summed E-state index contributed by atoms with van der Waals surface area (Å²) >= 11 is 1.59. The van der Waals surface area contributed by atoms with Crippen molar-refractivity contribution in [2.75, 3.05) is 5.75 Å². The minimum Gasteiger partial charge on any atom is -0.315 e. The number of nitro groups is 1. The molecule has 3 rings (SSSR count). The number of carbonyl (C=O) groups is 1. The molecule has 130 valence electrons. The fraction of sp³-hybridized carbons (Fsp3) is 0.412. The van der Waals surface area contributed by atoms with Crippen LogP contribution in [0.1, 0.15) is 45.1 Å². The SMILES string of the molecule is CC.CC.CC(=O)c1c(-c2cccc([N+](=O)[O-])c2)nc2n1CCS2. The molecule has 6 nitrogen and oxygen atoms in total. The van der Waals surface area contributed by atoms with Crippen molar-refractivity contribution in [3.05, 3.63) is 40.1 Å². The number of nitro benzene ring substituents is 1. The van der Waals surface area contributed by atoms with Gasteiger partial charge in [0.25, 0.3) is 5.69 Å². The smallest absolute Gasteiger partial charge is 0.270 e. The minimum atomic E-state index is -0.449. The van der Waals surface area contributed by atoms with E-state index < -0.39 is 4.92 Å². The van der Waals surface area contributed by atoms with Crippen LogP contribution in [0.2, 0.25) is 0 Å². The molecular weight excluding hydrogens is 326 g/mol. The fourth-order valence-corrected chi connectivity index (χ4v) is 3.25. The number of benzene rings is 1. The average molecular weight is 349 g/mol. The van der Waals surface area contributed by atoms with Gasteiger partial charge < -0.3 is 4.57 Å². The lowest BCUT2D eigenvalue weighted by Gasteiger charge is -2.04.